The molecular formula is C39H58N8O6. The number of amides is 3. The molecule has 2 aromatic rings. The number of anilines is 1. The van der Waals surface area contributed by atoms with Gasteiger partial charge >= 0.3 is 6.09 Å². The van der Waals surface area contributed by atoms with Crippen molar-refractivity contribution in [1.82, 2.24) is 29.7 Å². The molecule has 14 heteroatoms. The van der Waals surface area contributed by atoms with Gasteiger partial charge in [0, 0.05) is 43.3 Å². The Balaban J connectivity index is 0.987. The van der Waals surface area contributed by atoms with Crippen LogP contribution >= 0.6 is 0 Å². The summed E-state index contributed by atoms with van der Waals surface area (Å²) in [6.45, 7) is 14.2. The fourth-order valence-corrected chi connectivity index (χ4v) is 11.1. The molecule has 2 aromatic heterocycles. The molecule has 3 amide bonds. The van der Waals surface area contributed by atoms with Crippen molar-refractivity contribution in [2.24, 2.45) is 51.6 Å². The fraction of sp³-hybridized carbons (Fsp3) is 0.769. The zero-order valence-electron chi connectivity index (χ0n) is 32.2. The number of nitrogens with zero attached hydrogens (tertiary/aromatic N) is 6. The van der Waals surface area contributed by atoms with E-state index in [1.165, 1.54) is 6.33 Å². The third-order valence-electron chi connectivity index (χ3n) is 15.1. The number of Topliss-reactive ketones (excluding diaryl/α,β-unsaturated/α-hetero) is 1. The van der Waals surface area contributed by atoms with Crippen LogP contribution in [0.5, 0.6) is 0 Å². The Kier molecular flexibility index (Phi) is 9.87. The number of aromatic nitrogens is 4. The summed E-state index contributed by atoms with van der Waals surface area (Å²) in [5, 5.41) is 14.4. The predicted octanol–water partition coefficient (Wildman–Crippen LogP) is 4.04. The summed E-state index contributed by atoms with van der Waals surface area (Å²) in [5.41, 5.74) is 6.09. The van der Waals surface area contributed by atoms with Gasteiger partial charge in [0.2, 0.25) is 11.8 Å². The molecule has 0 spiro atoms. The number of nitrogens with one attached hydrogen (secondary N) is 1. The maximum absolute atomic E-state index is 13.7. The first-order valence-electron chi connectivity index (χ1n) is 19.8. The van der Waals surface area contributed by atoms with Crippen molar-refractivity contribution in [3.05, 3.63) is 12.7 Å². The third kappa shape index (κ3) is 6.11. The molecule has 290 valence electrons. The van der Waals surface area contributed by atoms with Crippen LogP contribution in [0.15, 0.2) is 12.7 Å². The Bertz CT molecular complexity index is 1760. The van der Waals surface area contributed by atoms with E-state index < -0.39 is 41.0 Å². The van der Waals surface area contributed by atoms with Gasteiger partial charge in [-0.05, 0) is 80.0 Å². The molecule has 3 saturated carbocycles. The van der Waals surface area contributed by atoms with Crippen LogP contribution in [0.3, 0.4) is 0 Å². The average Bonchev–Trinajstić information content (AvgIpc) is 3.83. The molecule has 5 fully saturated rings. The highest BCUT2D eigenvalue weighted by atomic mass is 16.6. The quantitative estimate of drug-likeness (QED) is 0.389. The van der Waals surface area contributed by atoms with Gasteiger partial charge in [0.1, 0.15) is 24.8 Å². The van der Waals surface area contributed by atoms with Gasteiger partial charge in [-0.25, -0.2) is 19.7 Å². The van der Waals surface area contributed by atoms with E-state index >= 15 is 0 Å². The number of carbonyl (C=O) groups is 4. The number of likely N-dealkylation sites (tertiary alicyclic amines) is 1. The lowest BCUT2D eigenvalue weighted by molar-refractivity contribution is -0.198. The van der Waals surface area contributed by atoms with Crippen LogP contribution in [0.2, 0.25) is 0 Å². The highest BCUT2D eigenvalue weighted by molar-refractivity contribution is 5.93. The van der Waals surface area contributed by atoms with Gasteiger partial charge in [-0.3, -0.25) is 19.7 Å². The summed E-state index contributed by atoms with van der Waals surface area (Å²) < 4.78 is 7.98. The van der Waals surface area contributed by atoms with Gasteiger partial charge in [-0.2, -0.15) is 0 Å². The summed E-state index contributed by atoms with van der Waals surface area (Å²) in [6, 6.07) is 0. The molecule has 5 aliphatic rings. The number of aliphatic hydroxyl groups is 1. The third-order valence-corrected chi connectivity index (χ3v) is 15.1. The SMILES string of the molecule is CC[C@]1(C)CC(OC(=O)NC(=O)C2CCN(C(=O)Cn3cnc4c(N5CCC(C)C5N)ncnc43)CC2)C2(C)C(C)CCC3(CCC(=O)C32)C(C)[C@@H]1O. The number of fused-ring (bicyclic) bond motifs is 1. The zero-order chi connectivity index (χ0) is 38.0. The van der Waals surface area contributed by atoms with Crippen molar-refractivity contribution in [2.75, 3.05) is 24.5 Å². The second-order valence-electron chi connectivity index (χ2n) is 17.6. The number of hydrogen-bond donors (Lipinski definition) is 3. The van der Waals surface area contributed by atoms with E-state index in [0.29, 0.717) is 68.1 Å². The Labute approximate surface area is 312 Å². The largest absolute Gasteiger partial charge is 0.445 e. The van der Waals surface area contributed by atoms with Crippen molar-refractivity contribution in [1.29, 1.82) is 0 Å². The minimum absolute atomic E-state index is 0.0477. The second kappa shape index (κ2) is 13.9. The zero-order valence-corrected chi connectivity index (χ0v) is 32.2. The summed E-state index contributed by atoms with van der Waals surface area (Å²) in [4.78, 5) is 71.4. The maximum Gasteiger partial charge on any atom is 0.414 e. The minimum Gasteiger partial charge on any atom is -0.445 e. The second-order valence-corrected chi connectivity index (χ2v) is 17.6. The fourth-order valence-electron chi connectivity index (χ4n) is 11.1. The molecule has 8 unspecified atom stereocenters. The standard InChI is InChI=1S/C39H58N8O6/c1-7-37(5)18-27(38(6)23(3)8-13-39(24(4)31(37)50)14-9-26(48)30(38)39)53-36(52)44-35(51)25-11-15-45(16-12-25)28(49)19-46-21-43-29-33(46)41-20-42-34(29)47-17-10-22(2)32(47)40/h20-25,27,30-32,50H,7-19,40H2,1-6H3,(H,44,51,52)/t22?,23?,24?,27?,30?,31-,32?,37+,38?,39?/m0/s1. The van der Waals surface area contributed by atoms with E-state index in [1.807, 2.05) is 4.90 Å². The average molecular weight is 735 g/mol. The highest BCUT2D eigenvalue weighted by Gasteiger charge is 2.68. The number of piperidine rings is 1. The Morgan fingerprint density at radius 2 is 1.77 bits per heavy atom. The normalized spacial score (nSPS) is 37.7. The highest BCUT2D eigenvalue weighted by Crippen LogP contribution is 2.68. The first kappa shape index (κ1) is 37.7. The Morgan fingerprint density at radius 1 is 1.04 bits per heavy atom. The smallest absolute Gasteiger partial charge is 0.414 e. The molecular weight excluding hydrogens is 676 g/mol. The van der Waals surface area contributed by atoms with E-state index in [9.17, 15) is 24.3 Å². The summed E-state index contributed by atoms with van der Waals surface area (Å²) in [7, 11) is 0. The number of hydrogen-bond acceptors (Lipinski definition) is 11. The van der Waals surface area contributed by atoms with Gasteiger partial charge in [0.15, 0.2) is 17.0 Å². The van der Waals surface area contributed by atoms with Crippen molar-refractivity contribution in [3.63, 3.8) is 0 Å². The molecule has 2 saturated heterocycles. The molecule has 10 atom stereocenters. The Morgan fingerprint density at radius 3 is 2.45 bits per heavy atom. The molecule has 53 heavy (non-hydrogen) atoms. The van der Waals surface area contributed by atoms with Gasteiger partial charge in [-0.15, -0.1) is 0 Å². The summed E-state index contributed by atoms with van der Waals surface area (Å²) >= 11 is 0. The lowest BCUT2D eigenvalue weighted by Crippen LogP contribution is -2.63. The Hall–Kier alpha value is -3.65. The van der Waals surface area contributed by atoms with Gasteiger partial charge < -0.3 is 29.9 Å². The van der Waals surface area contributed by atoms with E-state index in [1.54, 1.807) is 15.8 Å². The number of aliphatic hydroxyl groups excluding tert-OH is 1. The molecule has 4 N–H and O–H groups in total. The van der Waals surface area contributed by atoms with E-state index in [4.69, 9.17) is 10.5 Å². The lowest BCUT2D eigenvalue weighted by atomic mass is 9.43. The van der Waals surface area contributed by atoms with E-state index in [0.717, 1.165) is 32.2 Å². The van der Waals surface area contributed by atoms with Crippen LogP contribution in [-0.4, -0.2) is 91.2 Å². The molecule has 2 bridgehead atoms. The number of imide groups is 1. The molecule has 4 heterocycles. The van der Waals surface area contributed by atoms with Crippen LogP contribution < -0.4 is 16.0 Å². The molecule has 14 nitrogen and oxygen atoms in total. The van der Waals surface area contributed by atoms with E-state index in [-0.39, 0.29) is 47.6 Å². The van der Waals surface area contributed by atoms with Crippen molar-refractivity contribution in [3.8, 4) is 0 Å². The number of nitrogens with two attached hydrogens (primary N) is 1. The molecule has 7 rings (SSSR count). The van der Waals surface area contributed by atoms with E-state index in [2.05, 4.69) is 61.8 Å². The minimum atomic E-state index is -0.812. The van der Waals surface area contributed by atoms with Gasteiger partial charge in [-0.1, -0.05) is 41.5 Å². The number of rotatable bonds is 6. The maximum atomic E-state index is 13.7. The first-order valence-corrected chi connectivity index (χ1v) is 19.8. The van der Waals surface area contributed by atoms with Crippen LogP contribution in [0.25, 0.3) is 11.2 Å². The van der Waals surface area contributed by atoms with Crippen molar-refractivity contribution < 1.29 is 29.0 Å². The molecule has 3 aliphatic carbocycles. The van der Waals surface area contributed by atoms with Crippen molar-refractivity contribution >= 4 is 40.7 Å². The molecule has 2 aliphatic heterocycles. The molecule has 0 aromatic carbocycles. The van der Waals surface area contributed by atoms with Gasteiger partial charge in [0.05, 0.1) is 18.6 Å². The van der Waals surface area contributed by atoms with Crippen LogP contribution in [0, 0.1) is 45.8 Å². The number of carbonyl (C=O) groups excluding carboxylic acids is 4. The van der Waals surface area contributed by atoms with Gasteiger partial charge in [0.25, 0.3) is 0 Å². The van der Waals surface area contributed by atoms with Crippen LogP contribution in [0.4, 0.5) is 10.6 Å². The number of alkyl carbamates (subject to hydrolysis) is 1. The number of ketones is 1. The predicted molar refractivity (Wildman–Crippen MR) is 197 cm³/mol. The first-order chi connectivity index (χ1) is 25.1. The van der Waals surface area contributed by atoms with Crippen LogP contribution in [-0.2, 0) is 25.7 Å². The number of ether oxygens (including phenoxy) is 1. The monoisotopic (exact) mass is 734 g/mol. The van der Waals surface area contributed by atoms with Crippen LogP contribution in [0.1, 0.15) is 99.3 Å². The summed E-state index contributed by atoms with van der Waals surface area (Å²) in [5.74, 6) is -0.0527. The summed E-state index contributed by atoms with van der Waals surface area (Å²) in [6.07, 6.45) is 6.66. The topological polar surface area (TPSA) is 186 Å². The molecule has 0 radical (unpaired) electrons. The van der Waals surface area contributed by atoms with Crippen molar-refractivity contribution in [2.45, 2.75) is 124 Å². The number of imidazole rings is 1. The lowest BCUT2D eigenvalue weighted by Gasteiger charge is -2.62.